The highest BCUT2D eigenvalue weighted by molar-refractivity contribution is 5.83. The minimum Gasteiger partial charge on any atom is -0.342 e. The molecular weight excluding hydrogens is 412 g/mol. The molecule has 0 N–H and O–H groups in total. The van der Waals surface area contributed by atoms with E-state index in [1.54, 1.807) is 0 Å². The van der Waals surface area contributed by atoms with E-state index in [4.69, 9.17) is 4.98 Å². The molecule has 1 aliphatic heterocycles. The Balaban J connectivity index is 1.55. The van der Waals surface area contributed by atoms with Gasteiger partial charge in [0, 0.05) is 38.5 Å². The van der Waals surface area contributed by atoms with Crippen LogP contribution >= 0.6 is 0 Å². The van der Waals surface area contributed by atoms with Gasteiger partial charge in [0.25, 0.3) is 0 Å². The number of carbonyl (C=O) groups is 2. The van der Waals surface area contributed by atoms with E-state index in [2.05, 4.69) is 30.5 Å². The van der Waals surface area contributed by atoms with Gasteiger partial charge >= 0.3 is 0 Å². The molecule has 1 unspecified atom stereocenters. The first-order chi connectivity index (χ1) is 16.1. The van der Waals surface area contributed by atoms with Gasteiger partial charge in [-0.1, -0.05) is 56.3 Å². The predicted octanol–water partition coefficient (Wildman–Crippen LogP) is 4.24. The standard InChI is InChI=1S/C27H34N4O2/c1-3-15-29(16-4-2)26(33)20-31-24-13-9-8-12-23(24)28-27(31)22-18-25(32)30(19-22)17-14-21-10-6-5-7-11-21/h5-13,22H,3-4,14-20H2,1-2H3. The van der Waals surface area contributed by atoms with Crippen molar-refractivity contribution < 1.29 is 9.59 Å². The molecule has 2 amide bonds. The van der Waals surface area contributed by atoms with E-state index in [1.165, 1.54) is 5.56 Å². The van der Waals surface area contributed by atoms with Crippen LogP contribution in [0.25, 0.3) is 11.0 Å². The van der Waals surface area contributed by atoms with Crippen LogP contribution in [0.5, 0.6) is 0 Å². The van der Waals surface area contributed by atoms with E-state index >= 15 is 0 Å². The number of benzene rings is 2. The van der Waals surface area contributed by atoms with Crippen molar-refractivity contribution in [2.45, 2.75) is 52.0 Å². The second-order valence-corrected chi connectivity index (χ2v) is 8.90. The third-order valence-corrected chi connectivity index (χ3v) is 6.41. The van der Waals surface area contributed by atoms with Gasteiger partial charge in [0.2, 0.25) is 11.8 Å². The van der Waals surface area contributed by atoms with Crippen LogP contribution in [-0.4, -0.2) is 57.3 Å². The average Bonchev–Trinajstić information content (AvgIpc) is 3.38. The van der Waals surface area contributed by atoms with Crippen LogP contribution in [0, 0.1) is 0 Å². The Labute approximate surface area is 196 Å². The summed E-state index contributed by atoms with van der Waals surface area (Å²) in [5.41, 5.74) is 3.08. The van der Waals surface area contributed by atoms with Gasteiger partial charge < -0.3 is 14.4 Å². The highest BCUT2D eigenvalue weighted by atomic mass is 16.2. The Hall–Kier alpha value is -3.15. The lowest BCUT2D eigenvalue weighted by Crippen LogP contribution is -2.35. The van der Waals surface area contributed by atoms with Crippen molar-refractivity contribution in [2.24, 2.45) is 0 Å². The number of rotatable bonds is 10. The van der Waals surface area contributed by atoms with Gasteiger partial charge in [-0.2, -0.15) is 0 Å². The highest BCUT2D eigenvalue weighted by Gasteiger charge is 2.34. The van der Waals surface area contributed by atoms with Gasteiger partial charge in [-0.25, -0.2) is 4.98 Å². The third-order valence-electron chi connectivity index (χ3n) is 6.41. The van der Waals surface area contributed by atoms with E-state index < -0.39 is 0 Å². The Morgan fingerprint density at radius 1 is 1.03 bits per heavy atom. The Kier molecular flexibility index (Phi) is 7.43. The molecule has 6 nitrogen and oxygen atoms in total. The molecule has 0 radical (unpaired) electrons. The van der Waals surface area contributed by atoms with Crippen molar-refractivity contribution in [1.82, 2.24) is 19.4 Å². The summed E-state index contributed by atoms with van der Waals surface area (Å²) in [5.74, 6) is 1.14. The number of amides is 2. The van der Waals surface area contributed by atoms with Gasteiger partial charge in [0.1, 0.15) is 12.4 Å². The topological polar surface area (TPSA) is 58.4 Å². The number of likely N-dealkylation sites (tertiary alicyclic amines) is 1. The normalized spacial score (nSPS) is 16.0. The number of nitrogens with zero attached hydrogens (tertiary/aromatic N) is 4. The van der Waals surface area contributed by atoms with Crippen molar-refractivity contribution in [3.05, 3.63) is 66.0 Å². The summed E-state index contributed by atoms with van der Waals surface area (Å²) >= 11 is 0. The zero-order valence-corrected chi connectivity index (χ0v) is 19.7. The molecule has 6 heteroatoms. The van der Waals surface area contributed by atoms with Gasteiger partial charge in [0.15, 0.2) is 0 Å². The minimum atomic E-state index is -0.000673. The summed E-state index contributed by atoms with van der Waals surface area (Å²) in [6.45, 7) is 7.36. The molecule has 1 aromatic heterocycles. The van der Waals surface area contributed by atoms with Crippen LogP contribution in [0.1, 0.15) is 50.4 Å². The summed E-state index contributed by atoms with van der Waals surface area (Å²) in [6.07, 6.45) is 3.17. The van der Waals surface area contributed by atoms with Crippen molar-refractivity contribution in [2.75, 3.05) is 26.2 Å². The van der Waals surface area contributed by atoms with Gasteiger partial charge in [0.05, 0.1) is 11.0 Å². The maximum absolute atomic E-state index is 13.2. The molecule has 1 saturated heterocycles. The van der Waals surface area contributed by atoms with Gasteiger partial charge in [-0.3, -0.25) is 9.59 Å². The van der Waals surface area contributed by atoms with E-state index in [0.717, 1.165) is 49.2 Å². The fourth-order valence-electron chi connectivity index (χ4n) is 4.78. The monoisotopic (exact) mass is 446 g/mol. The molecule has 0 spiro atoms. The Morgan fingerprint density at radius 2 is 1.73 bits per heavy atom. The fourth-order valence-corrected chi connectivity index (χ4v) is 4.78. The number of fused-ring (bicyclic) bond motifs is 1. The Bertz CT molecular complexity index is 1090. The molecule has 1 fully saturated rings. The molecule has 0 aliphatic carbocycles. The number of carbonyl (C=O) groups excluding carboxylic acids is 2. The number of hydrogen-bond donors (Lipinski definition) is 0. The van der Waals surface area contributed by atoms with Crippen LogP contribution in [0.15, 0.2) is 54.6 Å². The fraction of sp³-hybridized carbons (Fsp3) is 0.444. The summed E-state index contributed by atoms with van der Waals surface area (Å²) in [5, 5.41) is 0. The minimum absolute atomic E-state index is 0.000673. The van der Waals surface area contributed by atoms with E-state index in [0.29, 0.717) is 19.5 Å². The molecule has 1 aliphatic rings. The second kappa shape index (κ2) is 10.6. The van der Waals surface area contributed by atoms with Crippen molar-refractivity contribution in [1.29, 1.82) is 0 Å². The number of aromatic nitrogens is 2. The quantitative estimate of drug-likeness (QED) is 0.468. The van der Waals surface area contributed by atoms with Crippen LogP contribution in [0.4, 0.5) is 0 Å². The largest absolute Gasteiger partial charge is 0.342 e. The zero-order valence-electron chi connectivity index (χ0n) is 19.7. The van der Waals surface area contributed by atoms with E-state index in [9.17, 15) is 9.59 Å². The molecule has 0 bridgehead atoms. The maximum atomic E-state index is 13.2. The molecule has 174 valence electrons. The molecule has 33 heavy (non-hydrogen) atoms. The van der Waals surface area contributed by atoms with Gasteiger partial charge in [-0.05, 0) is 37.0 Å². The van der Waals surface area contributed by atoms with Crippen molar-refractivity contribution in [3.63, 3.8) is 0 Å². The van der Waals surface area contributed by atoms with Crippen LogP contribution in [0.3, 0.4) is 0 Å². The van der Waals surface area contributed by atoms with Crippen LogP contribution in [-0.2, 0) is 22.6 Å². The molecule has 1 atom stereocenters. The number of imidazole rings is 1. The second-order valence-electron chi connectivity index (χ2n) is 8.90. The number of hydrogen-bond acceptors (Lipinski definition) is 3. The number of para-hydroxylation sites is 2. The highest BCUT2D eigenvalue weighted by Crippen LogP contribution is 2.30. The lowest BCUT2D eigenvalue weighted by atomic mass is 10.1. The molecule has 3 aromatic rings. The first-order valence-corrected chi connectivity index (χ1v) is 12.1. The van der Waals surface area contributed by atoms with E-state index in [1.807, 2.05) is 52.3 Å². The lowest BCUT2D eigenvalue weighted by Gasteiger charge is -2.23. The maximum Gasteiger partial charge on any atom is 0.242 e. The zero-order chi connectivity index (χ0) is 23.2. The summed E-state index contributed by atoms with van der Waals surface area (Å²) in [4.78, 5) is 34.8. The average molecular weight is 447 g/mol. The molecule has 2 heterocycles. The summed E-state index contributed by atoms with van der Waals surface area (Å²) in [6, 6.07) is 18.2. The Morgan fingerprint density at radius 3 is 2.45 bits per heavy atom. The van der Waals surface area contributed by atoms with Crippen molar-refractivity contribution in [3.8, 4) is 0 Å². The molecule has 2 aromatic carbocycles. The lowest BCUT2D eigenvalue weighted by molar-refractivity contribution is -0.132. The third kappa shape index (κ3) is 5.27. The molecular formula is C27H34N4O2. The van der Waals surface area contributed by atoms with Crippen molar-refractivity contribution >= 4 is 22.8 Å². The summed E-state index contributed by atoms with van der Waals surface area (Å²) in [7, 11) is 0. The first kappa shape index (κ1) is 23.0. The smallest absolute Gasteiger partial charge is 0.242 e. The predicted molar refractivity (Wildman–Crippen MR) is 131 cm³/mol. The first-order valence-electron chi connectivity index (χ1n) is 12.1. The van der Waals surface area contributed by atoms with Gasteiger partial charge in [-0.15, -0.1) is 0 Å². The molecule has 0 saturated carbocycles. The van der Waals surface area contributed by atoms with Crippen LogP contribution < -0.4 is 0 Å². The van der Waals surface area contributed by atoms with Crippen LogP contribution in [0.2, 0.25) is 0 Å². The van der Waals surface area contributed by atoms with E-state index in [-0.39, 0.29) is 24.3 Å². The summed E-state index contributed by atoms with van der Waals surface area (Å²) < 4.78 is 2.05. The molecule has 4 rings (SSSR count). The SMILES string of the molecule is CCCN(CCC)C(=O)Cn1c(C2CC(=O)N(CCc3ccccc3)C2)nc2ccccc21.